The summed E-state index contributed by atoms with van der Waals surface area (Å²) in [5, 5.41) is 0. The van der Waals surface area contributed by atoms with Crippen molar-refractivity contribution in [2.75, 3.05) is 25.1 Å². The summed E-state index contributed by atoms with van der Waals surface area (Å²) in [7, 11) is -0.620. The fourth-order valence-corrected chi connectivity index (χ4v) is 4.14. The molecule has 1 saturated carbocycles. The Morgan fingerprint density at radius 1 is 1.08 bits per heavy atom. The second-order valence-corrected chi connectivity index (χ2v) is 9.63. The highest BCUT2D eigenvalue weighted by Crippen LogP contribution is 2.53. The first-order chi connectivity index (χ1) is 12.2. The molecular weight excluding hydrogens is 397 g/mol. The van der Waals surface area contributed by atoms with Gasteiger partial charge in [-0.2, -0.15) is 0 Å². The summed E-state index contributed by atoms with van der Waals surface area (Å²) < 4.78 is 36.7. The van der Waals surface area contributed by atoms with Gasteiger partial charge in [0.1, 0.15) is 15.8 Å². The standard InChI is InChI=1S/C18H19Cl2NO4S/c1-21(26(22,23)17-9-7-15(24-2)8-10-17)14-3-5-16(6-4-14)25-12-13-11-18(13,19)20/h3-10,13H,11-12H2,1-2H3/t13-/m0/s1. The van der Waals surface area contributed by atoms with Crippen molar-refractivity contribution in [2.24, 2.45) is 5.92 Å². The number of sulfonamides is 1. The summed E-state index contributed by atoms with van der Waals surface area (Å²) in [6.45, 7) is 0.437. The van der Waals surface area contributed by atoms with Crippen LogP contribution in [0.2, 0.25) is 0 Å². The second-order valence-electron chi connectivity index (χ2n) is 6.12. The summed E-state index contributed by atoms with van der Waals surface area (Å²) in [4.78, 5) is 0.190. The van der Waals surface area contributed by atoms with Crippen LogP contribution in [-0.4, -0.2) is 33.5 Å². The molecule has 0 aliphatic heterocycles. The van der Waals surface area contributed by atoms with E-state index in [-0.39, 0.29) is 10.8 Å². The fourth-order valence-electron chi connectivity index (χ4n) is 2.44. The van der Waals surface area contributed by atoms with E-state index < -0.39 is 14.4 Å². The third-order valence-electron chi connectivity index (χ3n) is 4.33. The molecule has 140 valence electrons. The lowest BCUT2D eigenvalue weighted by Crippen LogP contribution is -2.26. The molecule has 0 bridgehead atoms. The largest absolute Gasteiger partial charge is 0.497 e. The minimum atomic E-state index is -3.66. The average Bonchev–Trinajstić information content (AvgIpc) is 3.26. The Bertz CT molecular complexity index is 867. The smallest absolute Gasteiger partial charge is 0.264 e. The number of anilines is 1. The molecule has 1 atom stereocenters. The Morgan fingerprint density at radius 3 is 2.12 bits per heavy atom. The van der Waals surface area contributed by atoms with Crippen LogP contribution in [-0.2, 0) is 10.0 Å². The second kappa shape index (κ2) is 7.18. The number of benzene rings is 2. The van der Waals surface area contributed by atoms with Crippen molar-refractivity contribution in [3.05, 3.63) is 48.5 Å². The molecule has 0 saturated heterocycles. The van der Waals surface area contributed by atoms with Gasteiger partial charge in [0.05, 0.1) is 24.3 Å². The van der Waals surface area contributed by atoms with Gasteiger partial charge < -0.3 is 9.47 Å². The van der Waals surface area contributed by atoms with Crippen LogP contribution in [0, 0.1) is 5.92 Å². The number of alkyl halides is 2. The van der Waals surface area contributed by atoms with Crippen LogP contribution >= 0.6 is 23.2 Å². The number of halogens is 2. The van der Waals surface area contributed by atoms with Crippen LogP contribution < -0.4 is 13.8 Å². The maximum atomic E-state index is 12.7. The van der Waals surface area contributed by atoms with Crippen molar-refractivity contribution in [2.45, 2.75) is 15.6 Å². The van der Waals surface area contributed by atoms with Crippen LogP contribution in [0.5, 0.6) is 11.5 Å². The van der Waals surface area contributed by atoms with Gasteiger partial charge in [0, 0.05) is 13.0 Å². The third kappa shape index (κ3) is 4.03. The molecule has 1 aliphatic carbocycles. The third-order valence-corrected chi connectivity index (χ3v) is 7.05. The van der Waals surface area contributed by atoms with Crippen molar-refractivity contribution in [1.82, 2.24) is 0 Å². The zero-order valence-electron chi connectivity index (χ0n) is 14.4. The van der Waals surface area contributed by atoms with Crippen molar-refractivity contribution in [3.63, 3.8) is 0 Å². The predicted molar refractivity (Wildman–Crippen MR) is 103 cm³/mol. The fraction of sp³-hybridized carbons (Fsp3) is 0.333. The maximum Gasteiger partial charge on any atom is 0.264 e. The lowest BCUT2D eigenvalue weighted by atomic mass is 10.3. The quantitative estimate of drug-likeness (QED) is 0.638. The maximum absolute atomic E-state index is 12.7. The number of methoxy groups -OCH3 is 1. The molecule has 5 nitrogen and oxygen atoms in total. The molecule has 26 heavy (non-hydrogen) atoms. The molecule has 0 spiro atoms. The molecule has 0 aromatic heterocycles. The van der Waals surface area contributed by atoms with Crippen LogP contribution in [0.3, 0.4) is 0 Å². The molecule has 3 rings (SSSR count). The highest BCUT2D eigenvalue weighted by atomic mass is 35.5. The summed E-state index contributed by atoms with van der Waals surface area (Å²) >= 11 is 11.9. The summed E-state index contributed by atoms with van der Waals surface area (Å²) in [5.74, 6) is 1.37. The van der Waals surface area contributed by atoms with E-state index in [0.29, 0.717) is 23.8 Å². The van der Waals surface area contributed by atoms with Crippen LogP contribution in [0.15, 0.2) is 53.4 Å². The first kappa shape index (κ1) is 19.1. The van der Waals surface area contributed by atoms with E-state index in [9.17, 15) is 8.42 Å². The summed E-state index contributed by atoms with van der Waals surface area (Å²) in [6, 6.07) is 13.1. The molecule has 0 unspecified atom stereocenters. The van der Waals surface area contributed by atoms with Gasteiger partial charge in [-0.1, -0.05) is 0 Å². The number of ether oxygens (including phenoxy) is 2. The van der Waals surface area contributed by atoms with Gasteiger partial charge in [0.15, 0.2) is 0 Å². The Balaban J connectivity index is 1.69. The van der Waals surface area contributed by atoms with Gasteiger partial charge in [-0.05, 0) is 55.0 Å². The Hall–Kier alpha value is -1.63. The highest BCUT2D eigenvalue weighted by molar-refractivity contribution is 7.92. The SMILES string of the molecule is COc1ccc(S(=O)(=O)N(C)c2ccc(OC[C@@H]3CC3(Cl)Cl)cc2)cc1. The van der Waals surface area contributed by atoms with Gasteiger partial charge in [-0.25, -0.2) is 8.42 Å². The molecule has 1 fully saturated rings. The number of hydrogen-bond donors (Lipinski definition) is 0. The van der Waals surface area contributed by atoms with E-state index in [1.165, 1.54) is 30.6 Å². The molecule has 1 aliphatic rings. The monoisotopic (exact) mass is 415 g/mol. The van der Waals surface area contributed by atoms with Gasteiger partial charge in [0.25, 0.3) is 10.0 Å². The van der Waals surface area contributed by atoms with Crippen LogP contribution in [0.4, 0.5) is 5.69 Å². The van der Waals surface area contributed by atoms with Crippen molar-refractivity contribution in [3.8, 4) is 11.5 Å². The highest BCUT2D eigenvalue weighted by Gasteiger charge is 2.52. The lowest BCUT2D eigenvalue weighted by molar-refractivity contribution is 0.298. The van der Waals surface area contributed by atoms with Crippen LogP contribution in [0.1, 0.15) is 6.42 Å². The van der Waals surface area contributed by atoms with E-state index in [1.54, 1.807) is 36.4 Å². The molecule has 0 heterocycles. The molecule has 8 heteroatoms. The minimum Gasteiger partial charge on any atom is -0.497 e. The number of nitrogens with zero attached hydrogens (tertiary/aromatic N) is 1. The molecule has 2 aromatic rings. The predicted octanol–water partition coefficient (Wildman–Crippen LogP) is 4.09. The Kier molecular flexibility index (Phi) is 5.28. The zero-order chi connectivity index (χ0) is 18.9. The van der Waals surface area contributed by atoms with Gasteiger partial charge in [0.2, 0.25) is 0 Å². The molecular formula is C18H19Cl2NO4S. The van der Waals surface area contributed by atoms with E-state index in [4.69, 9.17) is 32.7 Å². The minimum absolute atomic E-state index is 0.128. The van der Waals surface area contributed by atoms with Crippen molar-refractivity contribution in [1.29, 1.82) is 0 Å². The van der Waals surface area contributed by atoms with Gasteiger partial charge in [-0.3, -0.25) is 4.31 Å². The van der Waals surface area contributed by atoms with E-state index >= 15 is 0 Å². The Labute approximate surface area is 163 Å². The van der Waals surface area contributed by atoms with E-state index in [1.807, 2.05) is 0 Å². The van der Waals surface area contributed by atoms with E-state index in [2.05, 4.69) is 0 Å². The molecule has 0 radical (unpaired) electrons. The van der Waals surface area contributed by atoms with Gasteiger partial charge >= 0.3 is 0 Å². The van der Waals surface area contributed by atoms with Gasteiger partial charge in [-0.15, -0.1) is 23.2 Å². The number of rotatable bonds is 7. The summed E-state index contributed by atoms with van der Waals surface area (Å²) in [6.07, 6.45) is 0.719. The lowest BCUT2D eigenvalue weighted by Gasteiger charge is -2.20. The molecule has 2 aromatic carbocycles. The normalized spacial score (nSPS) is 18.2. The topological polar surface area (TPSA) is 55.8 Å². The number of hydrogen-bond acceptors (Lipinski definition) is 4. The van der Waals surface area contributed by atoms with Crippen molar-refractivity contribution >= 4 is 38.9 Å². The van der Waals surface area contributed by atoms with Crippen LogP contribution in [0.25, 0.3) is 0 Å². The zero-order valence-corrected chi connectivity index (χ0v) is 16.7. The molecule has 0 N–H and O–H groups in total. The molecule has 0 amide bonds. The Morgan fingerprint density at radius 2 is 1.62 bits per heavy atom. The first-order valence-corrected chi connectivity index (χ1v) is 10.2. The summed E-state index contributed by atoms with van der Waals surface area (Å²) in [5.41, 5.74) is 0.531. The van der Waals surface area contributed by atoms with Crippen molar-refractivity contribution < 1.29 is 17.9 Å². The first-order valence-electron chi connectivity index (χ1n) is 7.98. The average molecular weight is 416 g/mol. The van der Waals surface area contributed by atoms with E-state index in [0.717, 1.165) is 6.42 Å².